The van der Waals surface area contributed by atoms with E-state index in [1.54, 1.807) is 13.3 Å². The van der Waals surface area contributed by atoms with Crippen molar-refractivity contribution < 1.29 is 9.53 Å². The molecule has 1 aliphatic heterocycles. The third kappa shape index (κ3) is 2.56. The van der Waals surface area contributed by atoms with Gasteiger partial charge in [0.1, 0.15) is 17.1 Å². The molecule has 5 nitrogen and oxygen atoms in total. The maximum absolute atomic E-state index is 12.9. The molecule has 0 radical (unpaired) electrons. The van der Waals surface area contributed by atoms with E-state index in [9.17, 15) is 4.79 Å². The minimum absolute atomic E-state index is 0.0725. The summed E-state index contributed by atoms with van der Waals surface area (Å²) in [5.74, 6) is 1.43. The van der Waals surface area contributed by atoms with Crippen LogP contribution in [0.5, 0.6) is 5.75 Å². The van der Waals surface area contributed by atoms with Crippen molar-refractivity contribution in [1.82, 2.24) is 14.3 Å². The summed E-state index contributed by atoms with van der Waals surface area (Å²) in [5.41, 5.74) is 1.36. The van der Waals surface area contributed by atoms with Crippen molar-refractivity contribution in [3.63, 3.8) is 0 Å². The molecule has 1 saturated heterocycles. The second-order valence-corrected chi connectivity index (χ2v) is 6.10. The van der Waals surface area contributed by atoms with Gasteiger partial charge in [0.05, 0.1) is 13.3 Å². The summed E-state index contributed by atoms with van der Waals surface area (Å²) < 4.78 is 7.05. The quantitative estimate of drug-likeness (QED) is 0.875. The zero-order chi connectivity index (χ0) is 15.7. The van der Waals surface area contributed by atoms with Gasteiger partial charge < -0.3 is 9.64 Å². The highest BCUT2D eigenvalue weighted by molar-refractivity contribution is 5.93. The van der Waals surface area contributed by atoms with Crippen molar-refractivity contribution in [2.24, 2.45) is 5.92 Å². The Morgan fingerprint density at radius 3 is 3.00 bits per heavy atom. The van der Waals surface area contributed by atoms with Crippen LogP contribution in [0, 0.1) is 5.92 Å². The van der Waals surface area contributed by atoms with Crippen molar-refractivity contribution >= 4 is 11.6 Å². The van der Waals surface area contributed by atoms with Crippen LogP contribution in [0.3, 0.4) is 0 Å². The molecular formula is C17H23N3O2. The van der Waals surface area contributed by atoms with Crippen LogP contribution in [0.1, 0.15) is 43.6 Å². The number of likely N-dealkylation sites (tertiary alicyclic amines) is 1. The van der Waals surface area contributed by atoms with E-state index < -0.39 is 0 Å². The Balaban J connectivity index is 1.91. The summed E-state index contributed by atoms with van der Waals surface area (Å²) in [6, 6.07) is 3.98. The summed E-state index contributed by atoms with van der Waals surface area (Å²) in [6.45, 7) is 5.18. The first-order chi connectivity index (χ1) is 10.6. The minimum atomic E-state index is 0.0725. The smallest absolute Gasteiger partial charge is 0.272 e. The van der Waals surface area contributed by atoms with Crippen LogP contribution in [0.4, 0.5) is 0 Å². The topological polar surface area (TPSA) is 46.8 Å². The van der Waals surface area contributed by atoms with Crippen LogP contribution < -0.4 is 4.74 Å². The maximum Gasteiger partial charge on any atom is 0.272 e. The molecule has 2 aromatic rings. The second kappa shape index (κ2) is 5.99. The average molecular weight is 301 g/mol. The van der Waals surface area contributed by atoms with Crippen LogP contribution in [-0.4, -0.2) is 39.9 Å². The summed E-state index contributed by atoms with van der Waals surface area (Å²) in [4.78, 5) is 19.3. The van der Waals surface area contributed by atoms with Gasteiger partial charge in [0, 0.05) is 24.8 Å². The highest BCUT2D eigenvalue weighted by Crippen LogP contribution is 2.26. The predicted octanol–water partition coefficient (Wildman–Crippen LogP) is 2.99. The molecule has 3 heterocycles. The lowest BCUT2D eigenvalue weighted by Gasteiger charge is -2.37. The fourth-order valence-corrected chi connectivity index (χ4v) is 3.19. The number of rotatable bonds is 3. The number of piperidine rings is 1. The van der Waals surface area contributed by atoms with Crippen molar-refractivity contribution in [2.75, 3.05) is 13.7 Å². The zero-order valence-corrected chi connectivity index (χ0v) is 13.5. The monoisotopic (exact) mass is 301 g/mol. The second-order valence-electron chi connectivity index (χ2n) is 6.10. The summed E-state index contributed by atoms with van der Waals surface area (Å²) in [7, 11) is 1.63. The standard InChI is InChI=1S/C17H23N3O2/c1-4-13-6-5-12(2)20(11-13)17(21)15-10-18-16-9-14(22-3)7-8-19(15)16/h7-10,12-13H,4-6,11H2,1-3H3/t12-,13-/m1/s1. The Labute approximate surface area is 130 Å². The number of hydrogen-bond acceptors (Lipinski definition) is 3. The Kier molecular flexibility index (Phi) is 4.05. The Morgan fingerprint density at radius 2 is 2.27 bits per heavy atom. The van der Waals surface area contributed by atoms with Crippen LogP contribution >= 0.6 is 0 Å². The van der Waals surface area contributed by atoms with Gasteiger partial charge in [-0.3, -0.25) is 9.20 Å². The van der Waals surface area contributed by atoms with E-state index >= 15 is 0 Å². The Morgan fingerprint density at radius 1 is 1.45 bits per heavy atom. The number of carbonyl (C=O) groups excluding carboxylic acids is 1. The third-order valence-electron chi connectivity index (χ3n) is 4.76. The number of pyridine rings is 1. The highest BCUT2D eigenvalue weighted by atomic mass is 16.5. The number of hydrogen-bond donors (Lipinski definition) is 0. The average Bonchev–Trinajstić information content (AvgIpc) is 2.97. The van der Waals surface area contributed by atoms with E-state index in [1.807, 2.05) is 27.6 Å². The number of nitrogens with zero attached hydrogens (tertiary/aromatic N) is 3. The summed E-state index contributed by atoms with van der Waals surface area (Å²) in [5, 5.41) is 0. The number of carbonyl (C=O) groups is 1. The lowest BCUT2D eigenvalue weighted by atomic mass is 9.91. The molecule has 0 saturated carbocycles. The van der Waals surface area contributed by atoms with Crippen molar-refractivity contribution in [2.45, 2.75) is 39.2 Å². The highest BCUT2D eigenvalue weighted by Gasteiger charge is 2.30. The fraction of sp³-hybridized carbons (Fsp3) is 0.529. The van der Waals surface area contributed by atoms with Crippen molar-refractivity contribution in [3.05, 3.63) is 30.2 Å². The van der Waals surface area contributed by atoms with Gasteiger partial charge >= 0.3 is 0 Å². The zero-order valence-electron chi connectivity index (χ0n) is 13.5. The molecule has 0 aromatic carbocycles. The van der Waals surface area contributed by atoms with Crippen LogP contribution in [0.15, 0.2) is 24.5 Å². The number of aromatic nitrogens is 2. The largest absolute Gasteiger partial charge is 0.497 e. The molecule has 0 N–H and O–H groups in total. The molecule has 118 valence electrons. The van der Waals surface area contributed by atoms with E-state index in [0.717, 1.165) is 30.8 Å². The first-order valence-electron chi connectivity index (χ1n) is 7.96. The molecule has 5 heteroatoms. The molecule has 1 amide bonds. The van der Waals surface area contributed by atoms with Gasteiger partial charge in [0.25, 0.3) is 5.91 Å². The molecule has 0 aliphatic carbocycles. The van der Waals surface area contributed by atoms with Gasteiger partial charge in [-0.2, -0.15) is 0 Å². The fourth-order valence-electron chi connectivity index (χ4n) is 3.19. The number of amides is 1. The van der Waals surface area contributed by atoms with Gasteiger partial charge in [-0.25, -0.2) is 4.98 Å². The molecule has 0 bridgehead atoms. The van der Waals surface area contributed by atoms with Gasteiger partial charge in [-0.05, 0) is 31.7 Å². The Bertz CT molecular complexity index is 680. The summed E-state index contributed by atoms with van der Waals surface area (Å²) in [6.07, 6.45) is 6.93. The predicted molar refractivity (Wildman–Crippen MR) is 85.3 cm³/mol. The summed E-state index contributed by atoms with van der Waals surface area (Å²) >= 11 is 0. The van der Waals surface area contributed by atoms with E-state index in [2.05, 4.69) is 18.8 Å². The van der Waals surface area contributed by atoms with Gasteiger partial charge in [-0.1, -0.05) is 13.3 Å². The van der Waals surface area contributed by atoms with E-state index in [1.165, 1.54) is 6.42 Å². The lowest BCUT2D eigenvalue weighted by molar-refractivity contribution is 0.0549. The maximum atomic E-state index is 12.9. The molecule has 1 fully saturated rings. The van der Waals surface area contributed by atoms with E-state index in [-0.39, 0.29) is 5.91 Å². The SMILES string of the molecule is CC[C@@H]1CC[C@@H](C)N(C(=O)c2cnc3cc(OC)ccn23)C1. The minimum Gasteiger partial charge on any atom is -0.497 e. The van der Waals surface area contributed by atoms with Crippen LogP contribution in [0.25, 0.3) is 5.65 Å². The molecule has 2 aromatic heterocycles. The van der Waals surface area contributed by atoms with Gasteiger partial charge in [-0.15, -0.1) is 0 Å². The molecule has 0 spiro atoms. The van der Waals surface area contributed by atoms with E-state index in [0.29, 0.717) is 17.7 Å². The third-order valence-corrected chi connectivity index (χ3v) is 4.76. The van der Waals surface area contributed by atoms with Gasteiger partial charge in [0.2, 0.25) is 0 Å². The van der Waals surface area contributed by atoms with Gasteiger partial charge in [0.15, 0.2) is 0 Å². The lowest BCUT2D eigenvalue weighted by Crippen LogP contribution is -2.45. The van der Waals surface area contributed by atoms with Crippen LogP contribution in [0.2, 0.25) is 0 Å². The van der Waals surface area contributed by atoms with E-state index in [4.69, 9.17) is 4.74 Å². The molecule has 22 heavy (non-hydrogen) atoms. The molecule has 0 unspecified atom stereocenters. The molecular weight excluding hydrogens is 278 g/mol. The number of imidazole rings is 1. The molecule has 1 aliphatic rings. The van der Waals surface area contributed by atoms with Crippen molar-refractivity contribution in [1.29, 1.82) is 0 Å². The first kappa shape index (κ1) is 14.9. The number of methoxy groups -OCH3 is 1. The van der Waals surface area contributed by atoms with Crippen LogP contribution in [-0.2, 0) is 0 Å². The molecule has 2 atom stereocenters. The van der Waals surface area contributed by atoms with Crippen molar-refractivity contribution in [3.8, 4) is 5.75 Å². The number of fused-ring (bicyclic) bond motifs is 1. The number of ether oxygens (including phenoxy) is 1. The normalized spacial score (nSPS) is 22.0. The molecule has 3 rings (SSSR count). The first-order valence-corrected chi connectivity index (χ1v) is 7.96. The Hall–Kier alpha value is -2.04.